The van der Waals surface area contributed by atoms with E-state index in [1.54, 1.807) is 6.08 Å². The van der Waals surface area contributed by atoms with E-state index >= 15 is 0 Å². The van der Waals surface area contributed by atoms with E-state index in [4.69, 9.17) is 11.6 Å². The second-order valence-electron chi connectivity index (χ2n) is 9.59. The Morgan fingerprint density at radius 1 is 1.33 bits per heavy atom. The molecular formula is C21H29ClO5. The first-order chi connectivity index (χ1) is 12.6. The van der Waals surface area contributed by atoms with Gasteiger partial charge in [-0.25, -0.2) is 0 Å². The number of hydrogen-bond donors (Lipinski definition) is 3. The van der Waals surface area contributed by atoms with Gasteiger partial charge in [0, 0.05) is 17.3 Å². The van der Waals surface area contributed by atoms with Crippen molar-refractivity contribution in [2.45, 2.75) is 69.5 Å². The van der Waals surface area contributed by atoms with Crippen LogP contribution in [0.5, 0.6) is 0 Å². The summed E-state index contributed by atoms with van der Waals surface area (Å²) in [6.07, 6.45) is 4.22. The van der Waals surface area contributed by atoms with E-state index in [2.05, 4.69) is 6.92 Å². The van der Waals surface area contributed by atoms with Crippen molar-refractivity contribution in [3.05, 3.63) is 11.6 Å². The van der Waals surface area contributed by atoms with E-state index in [0.29, 0.717) is 19.3 Å². The minimum atomic E-state index is -1.59. The van der Waals surface area contributed by atoms with E-state index in [9.17, 15) is 24.9 Å². The summed E-state index contributed by atoms with van der Waals surface area (Å²) in [5.41, 5.74) is -1.74. The van der Waals surface area contributed by atoms with Crippen molar-refractivity contribution in [3.63, 3.8) is 0 Å². The molecule has 3 N–H and O–H groups in total. The number of halogens is 1. The first kappa shape index (κ1) is 19.6. The Morgan fingerprint density at radius 3 is 2.70 bits per heavy atom. The van der Waals surface area contributed by atoms with E-state index in [-0.39, 0.29) is 35.3 Å². The van der Waals surface area contributed by atoms with Crippen LogP contribution in [0, 0.1) is 28.6 Å². The van der Waals surface area contributed by atoms with Crippen molar-refractivity contribution >= 4 is 23.2 Å². The smallest absolute Gasteiger partial charge is 0.190 e. The summed E-state index contributed by atoms with van der Waals surface area (Å²) in [7, 11) is 0. The fourth-order valence-corrected chi connectivity index (χ4v) is 7.72. The van der Waals surface area contributed by atoms with Crippen LogP contribution in [0.4, 0.5) is 0 Å². The lowest BCUT2D eigenvalue weighted by Gasteiger charge is -2.61. The normalized spacial score (nSPS) is 51.9. The molecule has 0 radical (unpaired) electrons. The molecule has 0 aromatic heterocycles. The molecule has 4 rings (SSSR count). The van der Waals surface area contributed by atoms with Crippen LogP contribution in [0.3, 0.4) is 0 Å². The molecule has 5 nitrogen and oxygen atoms in total. The first-order valence-electron chi connectivity index (χ1n) is 10.0. The fourth-order valence-electron chi connectivity index (χ4n) is 7.28. The third kappa shape index (κ3) is 2.35. The molecule has 0 heterocycles. The maximum Gasteiger partial charge on any atom is 0.190 e. The molecule has 0 bridgehead atoms. The van der Waals surface area contributed by atoms with Gasteiger partial charge in [-0.15, -0.1) is 11.6 Å². The summed E-state index contributed by atoms with van der Waals surface area (Å²) in [5, 5.41) is 31.5. The Kier molecular flexibility index (Phi) is 4.44. The predicted molar refractivity (Wildman–Crippen MR) is 100 cm³/mol. The van der Waals surface area contributed by atoms with Crippen molar-refractivity contribution in [1.29, 1.82) is 0 Å². The van der Waals surface area contributed by atoms with Gasteiger partial charge < -0.3 is 15.3 Å². The minimum absolute atomic E-state index is 0.0554. The molecule has 0 aromatic carbocycles. The van der Waals surface area contributed by atoms with Gasteiger partial charge >= 0.3 is 0 Å². The van der Waals surface area contributed by atoms with E-state index < -0.39 is 34.9 Å². The average Bonchev–Trinajstić information content (AvgIpc) is 2.87. The quantitative estimate of drug-likeness (QED) is 0.620. The Hall–Kier alpha value is -0.750. The maximum atomic E-state index is 12.4. The number of fused-ring (bicyclic) bond motifs is 5. The number of hydrogen-bond acceptors (Lipinski definition) is 5. The second-order valence-corrected chi connectivity index (χ2v) is 10.1. The summed E-state index contributed by atoms with van der Waals surface area (Å²) < 4.78 is 0. The summed E-state index contributed by atoms with van der Waals surface area (Å²) in [4.78, 5) is 24.4. The zero-order valence-corrected chi connectivity index (χ0v) is 16.7. The minimum Gasteiger partial charge on any atom is -0.393 e. The van der Waals surface area contributed by atoms with Crippen molar-refractivity contribution < 1.29 is 24.9 Å². The number of rotatable bonds is 2. The van der Waals surface area contributed by atoms with Gasteiger partial charge in [-0.2, -0.15) is 0 Å². The van der Waals surface area contributed by atoms with E-state index in [1.807, 2.05) is 6.92 Å². The van der Waals surface area contributed by atoms with Crippen LogP contribution < -0.4 is 0 Å². The highest BCUT2D eigenvalue weighted by Gasteiger charge is 2.69. The monoisotopic (exact) mass is 396 g/mol. The van der Waals surface area contributed by atoms with Gasteiger partial charge in [0.2, 0.25) is 0 Å². The summed E-state index contributed by atoms with van der Waals surface area (Å²) in [6.45, 7) is 3.29. The Bertz CT molecular complexity index is 719. The van der Waals surface area contributed by atoms with Gasteiger partial charge in [-0.3, -0.25) is 9.59 Å². The molecule has 4 aliphatic rings. The molecular weight excluding hydrogens is 368 g/mol. The number of aliphatic hydroxyl groups excluding tert-OH is 2. The molecule has 0 spiro atoms. The van der Waals surface area contributed by atoms with Gasteiger partial charge in [-0.1, -0.05) is 19.4 Å². The van der Waals surface area contributed by atoms with Crippen LogP contribution in [-0.2, 0) is 9.59 Å². The number of aliphatic hydroxyl groups is 3. The van der Waals surface area contributed by atoms with Gasteiger partial charge in [-0.05, 0) is 55.9 Å². The van der Waals surface area contributed by atoms with Crippen molar-refractivity contribution in [2.75, 3.05) is 6.61 Å². The lowest BCUT2D eigenvalue weighted by Crippen LogP contribution is -2.63. The van der Waals surface area contributed by atoms with Gasteiger partial charge in [0.25, 0.3) is 0 Å². The standard InChI is InChI=1S/C21H29ClO5/c1-19-9-15(25)18-13(14(19)5-6-21(19,27)17(26)10-23)4-3-11-7-12(24)8-16(22)20(11,18)2/h7,13-16,18,23,25,27H,3-6,8-10H2,1-2H3/t13-,14-,15-,16?,18+,19-,20+,21-/m0/s1. The molecule has 3 saturated carbocycles. The van der Waals surface area contributed by atoms with Gasteiger partial charge in [0.05, 0.1) is 11.5 Å². The van der Waals surface area contributed by atoms with E-state index in [1.165, 1.54) is 0 Å². The number of allylic oxidation sites excluding steroid dienone is 1. The van der Waals surface area contributed by atoms with Crippen LogP contribution in [0.15, 0.2) is 11.6 Å². The molecule has 3 fully saturated rings. The molecule has 0 aliphatic heterocycles. The maximum absolute atomic E-state index is 12.4. The molecule has 150 valence electrons. The first-order valence-corrected chi connectivity index (χ1v) is 10.5. The zero-order chi connectivity index (χ0) is 19.8. The molecule has 8 atom stereocenters. The molecule has 4 aliphatic carbocycles. The Balaban J connectivity index is 1.76. The van der Waals surface area contributed by atoms with Gasteiger partial charge in [0.15, 0.2) is 11.6 Å². The Morgan fingerprint density at radius 2 is 2.04 bits per heavy atom. The zero-order valence-electron chi connectivity index (χ0n) is 15.9. The van der Waals surface area contributed by atoms with Crippen molar-refractivity contribution in [3.8, 4) is 0 Å². The van der Waals surface area contributed by atoms with E-state index in [0.717, 1.165) is 18.4 Å². The molecule has 0 aromatic rings. The summed E-state index contributed by atoms with van der Waals surface area (Å²) in [6, 6.07) is 0. The lowest BCUT2D eigenvalue weighted by molar-refractivity contribution is -0.181. The van der Waals surface area contributed by atoms with Gasteiger partial charge in [0.1, 0.15) is 12.2 Å². The fraction of sp³-hybridized carbons (Fsp3) is 0.810. The summed E-state index contributed by atoms with van der Waals surface area (Å²) >= 11 is 6.71. The third-order valence-electron chi connectivity index (χ3n) is 8.71. The van der Waals surface area contributed by atoms with Crippen LogP contribution in [0.2, 0.25) is 0 Å². The van der Waals surface area contributed by atoms with Crippen LogP contribution >= 0.6 is 11.6 Å². The van der Waals surface area contributed by atoms with Crippen molar-refractivity contribution in [2.24, 2.45) is 28.6 Å². The average molecular weight is 397 g/mol. The number of carbonyl (C=O) groups is 2. The highest BCUT2D eigenvalue weighted by molar-refractivity contribution is 6.23. The predicted octanol–water partition coefficient (Wildman–Crippen LogP) is 2.00. The molecule has 1 unspecified atom stereocenters. The number of ketones is 2. The molecule has 0 amide bonds. The lowest BCUT2D eigenvalue weighted by atomic mass is 9.45. The summed E-state index contributed by atoms with van der Waals surface area (Å²) in [5.74, 6) is -0.348. The van der Waals surface area contributed by atoms with Crippen LogP contribution in [0.1, 0.15) is 52.4 Å². The Labute approximate surface area is 164 Å². The highest BCUT2D eigenvalue weighted by atomic mass is 35.5. The topological polar surface area (TPSA) is 94.8 Å². The third-order valence-corrected chi connectivity index (χ3v) is 9.32. The molecule has 27 heavy (non-hydrogen) atoms. The number of alkyl halides is 1. The van der Waals surface area contributed by atoms with Crippen molar-refractivity contribution in [1.82, 2.24) is 0 Å². The van der Waals surface area contributed by atoms with Crippen LogP contribution in [-0.4, -0.2) is 50.6 Å². The second kappa shape index (κ2) is 6.12. The number of carbonyl (C=O) groups excluding carboxylic acids is 2. The molecule has 0 saturated heterocycles. The molecule has 6 heteroatoms. The highest BCUT2D eigenvalue weighted by Crippen LogP contribution is 2.68. The largest absolute Gasteiger partial charge is 0.393 e. The van der Waals surface area contributed by atoms with Crippen LogP contribution in [0.25, 0.3) is 0 Å². The SMILES string of the molecule is C[C@]12C[C@H](O)[C@H]3[C@@H](CCC4=CC(=O)CC(Cl)[C@@]43C)[C@@H]1CC[C@]2(O)C(=O)CO. The number of Topliss-reactive ketones (excluding diaryl/α,β-unsaturated/α-hetero) is 1.